The number of alkyl halides is 3. The highest BCUT2D eigenvalue weighted by Crippen LogP contribution is 2.40. The van der Waals surface area contributed by atoms with E-state index in [0.29, 0.717) is 6.42 Å². The summed E-state index contributed by atoms with van der Waals surface area (Å²) in [6.45, 7) is 1.91. The summed E-state index contributed by atoms with van der Waals surface area (Å²) in [4.78, 5) is 0. The minimum Gasteiger partial charge on any atom is -0.377 e. The smallest absolute Gasteiger partial charge is 0.377 e. The molecule has 2 rings (SSSR count). The van der Waals surface area contributed by atoms with E-state index in [2.05, 4.69) is 5.32 Å². The predicted molar refractivity (Wildman–Crippen MR) is 79.6 cm³/mol. The molecule has 1 nitrogen and oxygen atoms in total. The maximum Gasteiger partial charge on any atom is 0.418 e. The second-order valence-corrected chi connectivity index (χ2v) is 5.08. The number of para-hydroxylation sites is 1. The average Bonchev–Trinajstić information content (AvgIpc) is 2.45. The Kier molecular flexibility index (Phi) is 4.78. The monoisotopic (exact) mass is 313 g/mol. The lowest BCUT2D eigenvalue weighted by atomic mass is 10.0. The van der Waals surface area contributed by atoms with Crippen LogP contribution in [0.2, 0.25) is 5.02 Å². The molecule has 0 saturated heterocycles. The van der Waals surface area contributed by atoms with Crippen LogP contribution < -0.4 is 5.32 Å². The van der Waals surface area contributed by atoms with Gasteiger partial charge in [-0.05, 0) is 24.1 Å². The quantitative estimate of drug-likeness (QED) is 0.738. The van der Waals surface area contributed by atoms with Crippen molar-refractivity contribution in [2.45, 2.75) is 25.6 Å². The lowest BCUT2D eigenvalue weighted by molar-refractivity contribution is -0.137. The fourth-order valence-corrected chi connectivity index (χ4v) is 2.42. The zero-order valence-electron chi connectivity index (χ0n) is 11.4. The van der Waals surface area contributed by atoms with Gasteiger partial charge in [-0.1, -0.05) is 54.9 Å². The van der Waals surface area contributed by atoms with Crippen molar-refractivity contribution in [2.24, 2.45) is 0 Å². The molecule has 112 valence electrons. The summed E-state index contributed by atoms with van der Waals surface area (Å²) >= 11 is 5.96. The first-order valence-corrected chi connectivity index (χ1v) is 6.98. The highest BCUT2D eigenvalue weighted by atomic mass is 35.5. The molecule has 1 unspecified atom stereocenters. The second-order valence-electron chi connectivity index (χ2n) is 4.68. The van der Waals surface area contributed by atoms with Crippen LogP contribution in [0.4, 0.5) is 18.9 Å². The van der Waals surface area contributed by atoms with Gasteiger partial charge in [0.2, 0.25) is 0 Å². The van der Waals surface area contributed by atoms with Crippen LogP contribution in [-0.2, 0) is 6.18 Å². The number of hydrogen-bond acceptors (Lipinski definition) is 1. The number of rotatable bonds is 4. The molecular formula is C16H15ClF3N. The highest BCUT2D eigenvalue weighted by Gasteiger charge is 2.34. The zero-order chi connectivity index (χ0) is 15.5. The number of halogens is 4. The minimum absolute atomic E-state index is 0.0673. The molecule has 0 bridgehead atoms. The van der Waals surface area contributed by atoms with Gasteiger partial charge in [0.1, 0.15) is 0 Å². The van der Waals surface area contributed by atoms with Crippen molar-refractivity contribution < 1.29 is 13.2 Å². The molecule has 5 heteroatoms. The molecular weight excluding hydrogens is 299 g/mol. The summed E-state index contributed by atoms with van der Waals surface area (Å²) in [6.07, 6.45) is -3.80. The third-order valence-electron chi connectivity index (χ3n) is 3.25. The van der Waals surface area contributed by atoms with E-state index in [-0.39, 0.29) is 16.8 Å². The van der Waals surface area contributed by atoms with Gasteiger partial charge in [0.05, 0.1) is 22.3 Å². The van der Waals surface area contributed by atoms with E-state index in [9.17, 15) is 13.2 Å². The molecule has 0 amide bonds. The maximum atomic E-state index is 13.1. The molecule has 1 atom stereocenters. The summed E-state index contributed by atoms with van der Waals surface area (Å²) in [6, 6.07) is 12.9. The summed E-state index contributed by atoms with van der Waals surface area (Å²) in [5.74, 6) is 0. The van der Waals surface area contributed by atoms with Gasteiger partial charge in [-0.3, -0.25) is 0 Å². The van der Waals surface area contributed by atoms with Crippen molar-refractivity contribution in [3.05, 3.63) is 64.7 Å². The van der Waals surface area contributed by atoms with Crippen LogP contribution in [0, 0.1) is 0 Å². The number of nitrogens with one attached hydrogen (secondary N) is 1. The lowest BCUT2D eigenvalue weighted by Gasteiger charge is -2.22. The summed E-state index contributed by atoms with van der Waals surface area (Å²) < 4.78 is 39.3. The van der Waals surface area contributed by atoms with E-state index in [1.807, 2.05) is 37.3 Å². The first-order valence-electron chi connectivity index (χ1n) is 6.60. The molecule has 0 aliphatic carbocycles. The zero-order valence-corrected chi connectivity index (χ0v) is 12.2. The minimum atomic E-state index is -4.44. The third-order valence-corrected chi connectivity index (χ3v) is 3.56. The molecule has 0 radical (unpaired) electrons. The Labute approximate surface area is 126 Å². The normalized spacial score (nSPS) is 13.0. The third kappa shape index (κ3) is 3.70. The first kappa shape index (κ1) is 15.7. The highest BCUT2D eigenvalue weighted by molar-refractivity contribution is 6.33. The van der Waals surface area contributed by atoms with Crippen LogP contribution >= 0.6 is 11.6 Å². The molecule has 0 aromatic heterocycles. The van der Waals surface area contributed by atoms with Crippen molar-refractivity contribution in [2.75, 3.05) is 5.32 Å². The largest absolute Gasteiger partial charge is 0.418 e. The Balaban J connectivity index is 2.38. The van der Waals surface area contributed by atoms with E-state index in [4.69, 9.17) is 11.6 Å². The van der Waals surface area contributed by atoms with E-state index in [0.717, 1.165) is 11.6 Å². The van der Waals surface area contributed by atoms with Gasteiger partial charge < -0.3 is 5.32 Å². The second kappa shape index (κ2) is 6.39. The molecule has 2 aromatic carbocycles. The molecule has 1 N–H and O–H groups in total. The van der Waals surface area contributed by atoms with Crippen molar-refractivity contribution in [3.8, 4) is 0 Å². The Morgan fingerprint density at radius 1 is 1.05 bits per heavy atom. The van der Waals surface area contributed by atoms with Gasteiger partial charge in [-0.15, -0.1) is 0 Å². The van der Waals surface area contributed by atoms with Crippen LogP contribution in [-0.4, -0.2) is 0 Å². The Hall–Kier alpha value is -1.68. The first-order chi connectivity index (χ1) is 9.93. The Morgan fingerprint density at radius 2 is 1.71 bits per heavy atom. The fraction of sp³-hybridized carbons (Fsp3) is 0.250. The van der Waals surface area contributed by atoms with Crippen LogP contribution in [0.3, 0.4) is 0 Å². The fourth-order valence-electron chi connectivity index (χ4n) is 2.19. The van der Waals surface area contributed by atoms with Gasteiger partial charge in [0.25, 0.3) is 0 Å². The van der Waals surface area contributed by atoms with Crippen molar-refractivity contribution in [3.63, 3.8) is 0 Å². The standard InChI is InChI=1S/C16H15ClF3N/c1-2-14(11-7-4-3-5-8-11)21-15-12(16(18,19)20)9-6-10-13(15)17/h3-10,14,21H,2H2,1H3. The van der Waals surface area contributed by atoms with Gasteiger partial charge in [0, 0.05) is 0 Å². The summed E-state index contributed by atoms with van der Waals surface area (Å²) in [5.41, 5.74) is 0.111. The van der Waals surface area contributed by atoms with Gasteiger partial charge in [-0.2, -0.15) is 13.2 Å². The van der Waals surface area contributed by atoms with E-state index < -0.39 is 11.7 Å². The Morgan fingerprint density at radius 3 is 2.29 bits per heavy atom. The summed E-state index contributed by atoms with van der Waals surface area (Å²) in [7, 11) is 0. The molecule has 0 fully saturated rings. The van der Waals surface area contributed by atoms with Crippen molar-refractivity contribution in [1.82, 2.24) is 0 Å². The molecule has 0 spiro atoms. The molecule has 0 saturated carbocycles. The van der Waals surface area contributed by atoms with Crippen molar-refractivity contribution >= 4 is 17.3 Å². The van der Waals surface area contributed by atoms with Gasteiger partial charge in [-0.25, -0.2) is 0 Å². The Bertz CT molecular complexity index is 596. The average molecular weight is 314 g/mol. The van der Waals surface area contributed by atoms with E-state index >= 15 is 0 Å². The number of benzene rings is 2. The molecule has 21 heavy (non-hydrogen) atoms. The number of anilines is 1. The van der Waals surface area contributed by atoms with Crippen molar-refractivity contribution in [1.29, 1.82) is 0 Å². The van der Waals surface area contributed by atoms with Gasteiger partial charge >= 0.3 is 6.18 Å². The lowest BCUT2D eigenvalue weighted by Crippen LogP contribution is -2.15. The van der Waals surface area contributed by atoms with Crippen LogP contribution in [0.1, 0.15) is 30.5 Å². The van der Waals surface area contributed by atoms with Gasteiger partial charge in [0.15, 0.2) is 0 Å². The van der Waals surface area contributed by atoms with E-state index in [1.54, 1.807) is 0 Å². The van der Waals surface area contributed by atoms with Crippen LogP contribution in [0.5, 0.6) is 0 Å². The van der Waals surface area contributed by atoms with Crippen LogP contribution in [0.25, 0.3) is 0 Å². The predicted octanol–water partition coefficient (Wildman–Crippen LogP) is 5.92. The van der Waals surface area contributed by atoms with Crippen LogP contribution in [0.15, 0.2) is 48.5 Å². The maximum absolute atomic E-state index is 13.1. The topological polar surface area (TPSA) is 12.0 Å². The SMILES string of the molecule is CCC(Nc1c(Cl)cccc1C(F)(F)F)c1ccccc1. The van der Waals surface area contributed by atoms with E-state index in [1.165, 1.54) is 12.1 Å². The molecule has 2 aromatic rings. The summed E-state index contributed by atoms with van der Waals surface area (Å²) in [5, 5.41) is 3.01. The molecule has 0 aliphatic rings. The molecule has 0 heterocycles. The number of hydrogen-bond donors (Lipinski definition) is 1. The molecule has 0 aliphatic heterocycles.